The van der Waals surface area contributed by atoms with E-state index >= 15 is 0 Å². The summed E-state index contributed by atoms with van der Waals surface area (Å²) >= 11 is 4.75. The molecule has 0 radical (unpaired) electrons. The van der Waals surface area contributed by atoms with Crippen LogP contribution in [-0.4, -0.2) is 15.0 Å². The van der Waals surface area contributed by atoms with Crippen LogP contribution in [0.5, 0.6) is 0 Å². The van der Waals surface area contributed by atoms with Crippen molar-refractivity contribution >= 4 is 37.3 Å². The van der Waals surface area contributed by atoms with Gasteiger partial charge in [-0.3, -0.25) is 0 Å². The summed E-state index contributed by atoms with van der Waals surface area (Å²) < 4.78 is 27.5. The van der Waals surface area contributed by atoms with Gasteiger partial charge in [0.15, 0.2) is 0 Å². The van der Waals surface area contributed by atoms with Crippen LogP contribution < -0.4 is 4.72 Å². The Labute approximate surface area is 108 Å². The minimum atomic E-state index is -3.32. The summed E-state index contributed by atoms with van der Waals surface area (Å²) in [6.45, 7) is 4.53. The van der Waals surface area contributed by atoms with Gasteiger partial charge in [-0.25, -0.2) is 13.1 Å². The number of hydrogen-bond acceptors (Lipinski definition) is 3. The van der Waals surface area contributed by atoms with E-state index in [1.807, 2.05) is 6.92 Å². The predicted octanol–water partition coefficient (Wildman–Crippen LogP) is 2.75. The van der Waals surface area contributed by atoms with Gasteiger partial charge in [-0.1, -0.05) is 6.92 Å². The van der Waals surface area contributed by atoms with E-state index in [1.165, 1.54) is 11.3 Å². The molecule has 6 heteroatoms. The Kier molecular flexibility index (Phi) is 3.45. The van der Waals surface area contributed by atoms with Gasteiger partial charge >= 0.3 is 0 Å². The first-order chi connectivity index (χ1) is 7.40. The lowest BCUT2D eigenvalue weighted by atomic mass is 10.3. The summed E-state index contributed by atoms with van der Waals surface area (Å²) in [4.78, 5) is 1.22. The lowest BCUT2D eigenvalue weighted by Crippen LogP contribution is -2.26. The van der Waals surface area contributed by atoms with Crippen molar-refractivity contribution < 1.29 is 8.42 Å². The Hall–Kier alpha value is 0.0900. The van der Waals surface area contributed by atoms with Crippen LogP contribution in [0, 0.1) is 18.8 Å². The number of sulfonamides is 1. The minimum absolute atomic E-state index is 0.401. The first-order valence-corrected chi connectivity index (χ1v) is 8.25. The number of halogens is 1. The molecule has 3 nitrogen and oxygen atoms in total. The Morgan fingerprint density at radius 3 is 2.69 bits per heavy atom. The molecule has 1 aromatic rings. The van der Waals surface area contributed by atoms with Gasteiger partial charge in [-0.15, -0.1) is 11.3 Å². The van der Waals surface area contributed by atoms with Crippen LogP contribution in [0.1, 0.15) is 18.2 Å². The highest BCUT2D eigenvalue weighted by Crippen LogP contribution is 2.37. The molecule has 90 valence electrons. The van der Waals surface area contributed by atoms with Gasteiger partial charge in [0.1, 0.15) is 0 Å². The Morgan fingerprint density at radius 2 is 2.25 bits per heavy atom. The molecular formula is C10H14BrNO2S2. The van der Waals surface area contributed by atoms with Crippen molar-refractivity contribution in [2.24, 2.45) is 11.8 Å². The fourth-order valence-electron chi connectivity index (χ4n) is 1.68. The Bertz CT molecular complexity index is 495. The molecule has 1 aromatic heterocycles. The first-order valence-electron chi connectivity index (χ1n) is 5.16. The molecule has 0 saturated heterocycles. The predicted molar refractivity (Wildman–Crippen MR) is 69.2 cm³/mol. The maximum Gasteiger partial charge on any atom is 0.241 e. The lowest BCUT2D eigenvalue weighted by Gasteiger charge is -2.05. The second-order valence-electron chi connectivity index (χ2n) is 4.30. The average Bonchev–Trinajstić information content (AvgIpc) is 2.76. The molecule has 0 spiro atoms. The van der Waals surface area contributed by atoms with E-state index in [4.69, 9.17) is 0 Å². The van der Waals surface area contributed by atoms with E-state index in [2.05, 4.69) is 27.6 Å². The van der Waals surface area contributed by atoms with Gasteiger partial charge in [0.05, 0.1) is 8.68 Å². The lowest BCUT2D eigenvalue weighted by molar-refractivity contribution is 0.574. The minimum Gasteiger partial charge on any atom is -0.211 e. The first kappa shape index (κ1) is 12.5. The highest BCUT2D eigenvalue weighted by atomic mass is 79.9. The zero-order valence-electron chi connectivity index (χ0n) is 9.16. The van der Waals surface area contributed by atoms with Crippen LogP contribution >= 0.6 is 27.3 Å². The van der Waals surface area contributed by atoms with Crippen LogP contribution in [0.4, 0.5) is 0 Å². The van der Waals surface area contributed by atoms with Gasteiger partial charge in [-0.2, -0.15) is 0 Å². The molecule has 1 fully saturated rings. The Morgan fingerprint density at radius 1 is 1.62 bits per heavy atom. The number of thiophene rings is 1. The molecule has 0 aromatic carbocycles. The molecule has 1 heterocycles. The largest absolute Gasteiger partial charge is 0.241 e. The number of aryl methyl sites for hydroxylation is 1. The van der Waals surface area contributed by atoms with Crippen LogP contribution in [0.15, 0.2) is 14.7 Å². The van der Waals surface area contributed by atoms with Crippen molar-refractivity contribution in [3.8, 4) is 0 Å². The zero-order chi connectivity index (χ0) is 11.9. The molecule has 0 bridgehead atoms. The summed E-state index contributed by atoms with van der Waals surface area (Å²) in [6.07, 6.45) is 1.13. The molecule has 1 aliphatic rings. The van der Waals surface area contributed by atoms with Crippen molar-refractivity contribution in [1.29, 1.82) is 0 Å². The van der Waals surface area contributed by atoms with Crippen molar-refractivity contribution in [2.75, 3.05) is 6.54 Å². The normalized spacial score (nSPS) is 24.7. The molecule has 2 atom stereocenters. The van der Waals surface area contributed by atoms with Crippen molar-refractivity contribution in [2.45, 2.75) is 25.2 Å². The van der Waals surface area contributed by atoms with Crippen molar-refractivity contribution in [3.05, 3.63) is 14.7 Å². The third-order valence-electron chi connectivity index (χ3n) is 2.94. The number of nitrogens with one attached hydrogen (secondary N) is 1. The smallest absolute Gasteiger partial charge is 0.211 e. The molecule has 2 rings (SSSR count). The van der Waals surface area contributed by atoms with Gasteiger partial charge in [0.25, 0.3) is 0 Å². The summed E-state index contributed by atoms with van der Waals surface area (Å²) in [7, 11) is -3.32. The van der Waals surface area contributed by atoms with E-state index in [9.17, 15) is 8.42 Å². The van der Waals surface area contributed by atoms with Crippen LogP contribution in [-0.2, 0) is 10.0 Å². The Balaban J connectivity index is 2.09. The van der Waals surface area contributed by atoms with E-state index in [1.54, 1.807) is 6.07 Å². The molecule has 0 amide bonds. The van der Waals surface area contributed by atoms with Gasteiger partial charge < -0.3 is 0 Å². The maximum absolute atomic E-state index is 12.0. The molecule has 1 saturated carbocycles. The van der Waals surface area contributed by atoms with E-state index in [0.717, 1.165) is 15.1 Å². The number of hydrogen-bond donors (Lipinski definition) is 1. The standard InChI is InChI=1S/C10H14BrNO2S2/c1-6-3-8(6)5-12-16(13,14)9-4-10(11)15-7(9)2/h4,6,8,12H,3,5H2,1-2H3. The average molecular weight is 324 g/mol. The molecule has 1 aliphatic carbocycles. The molecule has 0 aliphatic heterocycles. The molecular weight excluding hydrogens is 310 g/mol. The zero-order valence-corrected chi connectivity index (χ0v) is 12.4. The van der Waals surface area contributed by atoms with Gasteiger partial charge in [0, 0.05) is 11.4 Å². The maximum atomic E-state index is 12.0. The highest BCUT2D eigenvalue weighted by molar-refractivity contribution is 9.11. The van der Waals surface area contributed by atoms with Crippen LogP contribution in [0.2, 0.25) is 0 Å². The van der Waals surface area contributed by atoms with Crippen molar-refractivity contribution in [3.63, 3.8) is 0 Å². The molecule has 2 unspecified atom stereocenters. The van der Waals surface area contributed by atoms with Crippen LogP contribution in [0.25, 0.3) is 0 Å². The van der Waals surface area contributed by atoms with E-state index in [0.29, 0.717) is 23.3 Å². The monoisotopic (exact) mass is 323 g/mol. The van der Waals surface area contributed by atoms with Crippen molar-refractivity contribution in [1.82, 2.24) is 4.72 Å². The van der Waals surface area contributed by atoms with Gasteiger partial charge in [-0.05, 0) is 47.2 Å². The second-order valence-corrected chi connectivity index (χ2v) is 8.67. The summed E-state index contributed by atoms with van der Waals surface area (Å²) in [5.41, 5.74) is 0. The summed E-state index contributed by atoms with van der Waals surface area (Å²) in [5, 5.41) is 0. The quantitative estimate of drug-likeness (QED) is 0.926. The van der Waals surface area contributed by atoms with Gasteiger partial charge in [0.2, 0.25) is 10.0 Å². The van der Waals surface area contributed by atoms with E-state index < -0.39 is 10.0 Å². The van der Waals surface area contributed by atoms with Crippen LogP contribution in [0.3, 0.4) is 0 Å². The SMILES string of the molecule is Cc1sc(Br)cc1S(=O)(=O)NCC1CC1C. The molecule has 16 heavy (non-hydrogen) atoms. The fourth-order valence-corrected chi connectivity index (χ4v) is 5.18. The topological polar surface area (TPSA) is 46.2 Å². The summed E-state index contributed by atoms with van der Waals surface area (Å²) in [5.74, 6) is 1.19. The fraction of sp³-hybridized carbons (Fsp3) is 0.600. The third kappa shape index (κ3) is 2.67. The molecule has 1 N–H and O–H groups in total. The highest BCUT2D eigenvalue weighted by Gasteiger charge is 2.33. The number of rotatable bonds is 4. The second kappa shape index (κ2) is 4.40. The third-order valence-corrected chi connectivity index (χ3v) is 6.18. The van der Waals surface area contributed by atoms with E-state index in [-0.39, 0.29) is 0 Å². The summed E-state index contributed by atoms with van der Waals surface area (Å²) in [6, 6.07) is 1.67.